The molecule has 2 rings (SSSR count). The maximum Gasteiger partial charge on any atom is 0.230 e. The second-order valence-electron chi connectivity index (χ2n) is 5.12. The van der Waals surface area contributed by atoms with Crippen LogP contribution in [0.1, 0.15) is 13.8 Å². The maximum atomic E-state index is 11.1. The van der Waals surface area contributed by atoms with Gasteiger partial charge >= 0.3 is 0 Å². The largest absolute Gasteiger partial charge is 0.491 e. The van der Waals surface area contributed by atoms with Gasteiger partial charge in [0.05, 0.1) is 24.2 Å². The van der Waals surface area contributed by atoms with Crippen LogP contribution in [0, 0.1) is 0 Å². The molecule has 0 spiro atoms. The van der Waals surface area contributed by atoms with E-state index in [0.29, 0.717) is 0 Å². The second-order valence-corrected chi connectivity index (χ2v) is 6.87. The van der Waals surface area contributed by atoms with Gasteiger partial charge in [-0.25, -0.2) is 13.4 Å². The zero-order valence-electron chi connectivity index (χ0n) is 12.7. The third kappa shape index (κ3) is 5.25. The van der Waals surface area contributed by atoms with Crippen molar-refractivity contribution in [1.29, 1.82) is 0 Å². The summed E-state index contributed by atoms with van der Waals surface area (Å²) >= 11 is 0. The number of anilines is 3. The van der Waals surface area contributed by atoms with Gasteiger partial charge in [0.15, 0.2) is 0 Å². The third-order valence-electron chi connectivity index (χ3n) is 2.57. The lowest BCUT2D eigenvalue weighted by Crippen LogP contribution is -2.10. The second kappa shape index (κ2) is 6.65. The number of ether oxygens (including phenoxy) is 1. The van der Waals surface area contributed by atoms with E-state index in [2.05, 4.69) is 15.0 Å². The van der Waals surface area contributed by atoms with E-state index in [0.717, 1.165) is 23.4 Å². The van der Waals surface area contributed by atoms with Gasteiger partial charge in [-0.3, -0.25) is 4.72 Å². The molecule has 2 aromatic rings. The van der Waals surface area contributed by atoms with Gasteiger partial charge in [0, 0.05) is 5.69 Å². The standard InChI is InChI=1S/C15H19N3O3S/c1-11(2)21-14-7-4-12(5-8-14)17-13-6-9-15(16-10-13)18-22(3,19)20/h4-11,17H,1-3H3,(H,16,18). The van der Waals surface area contributed by atoms with Crippen LogP contribution >= 0.6 is 0 Å². The lowest BCUT2D eigenvalue weighted by molar-refractivity contribution is 0.242. The Morgan fingerprint density at radius 3 is 2.18 bits per heavy atom. The molecule has 1 heterocycles. The molecule has 0 aliphatic heterocycles. The quantitative estimate of drug-likeness (QED) is 0.855. The molecule has 0 atom stereocenters. The van der Waals surface area contributed by atoms with Crippen molar-refractivity contribution in [3.63, 3.8) is 0 Å². The highest BCUT2D eigenvalue weighted by Crippen LogP contribution is 2.21. The Kier molecular flexibility index (Phi) is 4.87. The Morgan fingerprint density at radius 1 is 1.05 bits per heavy atom. The third-order valence-corrected chi connectivity index (χ3v) is 3.15. The Hall–Kier alpha value is -2.28. The molecule has 0 saturated carbocycles. The Labute approximate surface area is 130 Å². The van der Waals surface area contributed by atoms with Crippen molar-refractivity contribution in [2.45, 2.75) is 20.0 Å². The van der Waals surface area contributed by atoms with Crippen LogP contribution in [0.4, 0.5) is 17.2 Å². The van der Waals surface area contributed by atoms with Crippen molar-refractivity contribution < 1.29 is 13.2 Å². The van der Waals surface area contributed by atoms with Crippen LogP contribution in [0.25, 0.3) is 0 Å². The van der Waals surface area contributed by atoms with Crippen LogP contribution in [0.15, 0.2) is 42.6 Å². The normalized spacial score (nSPS) is 11.3. The molecule has 0 saturated heterocycles. The van der Waals surface area contributed by atoms with Gasteiger partial charge in [-0.15, -0.1) is 0 Å². The topological polar surface area (TPSA) is 80.3 Å². The molecular weight excluding hydrogens is 302 g/mol. The first-order valence-corrected chi connectivity index (χ1v) is 8.68. The zero-order valence-corrected chi connectivity index (χ0v) is 13.5. The highest BCUT2D eigenvalue weighted by atomic mass is 32.2. The van der Waals surface area contributed by atoms with E-state index < -0.39 is 10.0 Å². The van der Waals surface area contributed by atoms with Gasteiger partial charge in [-0.05, 0) is 50.2 Å². The number of hydrogen-bond acceptors (Lipinski definition) is 5. The summed E-state index contributed by atoms with van der Waals surface area (Å²) in [7, 11) is -3.31. The number of hydrogen-bond donors (Lipinski definition) is 2. The molecule has 118 valence electrons. The summed E-state index contributed by atoms with van der Waals surface area (Å²) in [4.78, 5) is 4.04. The summed E-state index contributed by atoms with van der Waals surface area (Å²) in [6, 6.07) is 10.9. The molecular formula is C15H19N3O3S. The van der Waals surface area contributed by atoms with Gasteiger partial charge in [0.25, 0.3) is 0 Å². The van der Waals surface area contributed by atoms with Gasteiger partial charge in [0.1, 0.15) is 11.6 Å². The summed E-state index contributed by atoms with van der Waals surface area (Å²) in [6.07, 6.45) is 2.78. The molecule has 6 nitrogen and oxygen atoms in total. The molecule has 0 unspecified atom stereocenters. The van der Waals surface area contributed by atoms with Crippen LogP contribution in [0.5, 0.6) is 5.75 Å². The van der Waals surface area contributed by atoms with Crippen molar-refractivity contribution >= 4 is 27.2 Å². The molecule has 7 heteroatoms. The minimum atomic E-state index is -3.31. The van der Waals surface area contributed by atoms with Crippen LogP contribution in [0.2, 0.25) is 0 Å². The predicted octanol–water partition coefficient (Wildman–Crippen LogP) is 2.98. The Balaban J connectivity index is 2.01. The van der Waals surface area contributed by atoms with E-state index in [4.69, 9.17) is 4.74 Å². The number of nitrogens with zero attached hydrogens (tertiary/aromatic N) is 1. The van der Waals surface area contributed by atoms with E-state index in [-0.39, 0.29) is 11.9 Å². The van der Waals surface area contributed by atoms with Crippen LogP contribution in [0.3, 0.4) is 0 Å². The average molecular weight is 321 g/mol. The summed E-state index contributed by atoms with van der Waals surface area (Å²) in [5, 5.41) is 3.18. The van der Waals surface area contributed by atoms with Gasteiger partial charge in [0.2, 0.25) is 10.0 Å². The highest BCUT2D eigenvalue weighted by molar-refractivity contribution is 7.92. The number of pyridine rings is 1. The molecule has 22 heavy (non-hydrogen) atoms. The van der Waals surface area contributed by atoms with Crippen molar-refractivity contribution in [2.24, 2.45) is 0 Å². The fourth-order valence-electron chi connectivity index (χ4n) is 1.77. The maximum absolute atomic E-state index is 11.1. The number of aromatic nitrogens is 1. The minimum Gasteiger partial charge on any atom is -0.491 e. The number of nitrogens with one attached hydrogen (secondary N) is 2. The van der Waals surface area contributed by atoms with E-state index in [1.54, 1.807) is 18.3 Å². The molecule has 0 aliphatic rings. The van der Waals surface area contributed by atoms with E-state index >= 15 is 0 Å². The van der Waals surface area contributed by atoms with Gasteiger partial charge in [-0.1, -0.05) is 0 Å². The predicted molar refractivity (Wildman–Crippen MR) is 88.2 cm³/mol. The van der Waals surface area contributed by atoms with E-state index in [1.165, 1.54) is 0 Å². The smallest absolute Gasteiger partial charge is 0.230 e. The zero-order chi connectivity index (χ0) is 16.2. The highest BCUT2D eigenvalue weighted by Gasteiger charge is 2.03. The number of rotatable bonds is 6. The van der Waals surface area contributed by atoms with Crippen LogP contribution < -0.4 is 14.8 Å². The SMILES string of the molecule is CC(C)Oc1ccc(Nc2ccc(NS(C)(=O)=O)nc2)cc1. The molecule has 0 radical (unpaired) electrons. The Bertz CT molecular complexity index is 711. The fourth-order valence-corrected chi connectivity index (χ4v) is 2.27. The molecule has 1 aromatic carbocycles. The monoisotopic (exact) mass is 321 g/mol. The summed E-state index contributed by atoms with van der Waals surface area (Å²) in [5.74, 6) is 1.10. The molecule has 0 fully saturated rings. The summed E-state index contributed by atoms with van der Waals surface area (Å²) in [6.45, 7) is 3.95. The molecule has 0 bridgehead atoms. The van der Waals surface area contributed by atoms with Crippen LogP contribution in [-0.2, 0) is 10.0 Å². The van der Waals surface area contributed by atoms with E-state index in [1.807, 2.05) is 38.1 Å². The van der Waals surface area contributed by atoms with Crippen LogP contribution in [-0.4, -0.2) is 25.8 Å². The van der Waals surface area contributed by atoms with Crippen molar-refractivity contribution in [1.82, 2.24) is 4.98 Å². The Morgan fingerprint density at radius 2 is 1.68 bits per heavy atom. The van der Waals surface area contributed by atoms with Crippen molar-refractivity contribution in [2.75, 3.05) is 16.3 Å². The first kappa shape index (κ1) is 16.1. The van der Waals surface area contributed by atoms with E-state index in [9.17, 15) is 8.42 Å². The molecule has 0 amide bonds. The number of benzene rings is 1. The summed E-state index contributed by atoms with van der Waals surface area (Å²) < 4.78 is 30.1. The first-order valence-electron chi connectivity index (χ1n) is 6.79. The molecule has 2 N–H and O–H groups in total. The first-order chi connectivity index (χ1) is 10.3. The van der Waals surface area contributed by atoms with Gasteiger partial charge in [-0.2, -0.15) is 0 Å². The van der Waals surface area contributed by atoms with Gasteiger partial charge < -0.3 is 10.1 Å². The number of sulfonamides is 1. The molecule has 0 aliphatic carbocycles. The fraction of sp³-hybridized carbons (Fsp3) is 0.267. The van der Waals surface area contributed by atoms with Crippen molar-refractivity contribution in [3.05, 3.63) is 42.6 Å². The van der Waals surface area contributed by atoms with Crippen molar-refractivity contribution in [3.8, 4) is 5.75 Å². The lowest BCUT2D eigenvalue weighted by atomic mass is 10.3. The average Bonchev–Trinajstić information content (AvgIpc) is 2.41. The lowest BCUT2D eigenvalue weighted by Gasteiger charge is -2.11. The summed E-state index contributed by atoms with van der Waals surface area (Å²) in [5.41, 5.74) is 1.65. The molecule has 1 aromatic heterocycles. The minimum absolute atomic E-state index is 0.137.